The molecular weight excluding hydrogens is 195 g/mol. The summed E-state index contributed by atoms with van der Waals surface area (Å²) < 4.78 is 18.2. The molecule has 4 heteroatoms. The molecule has 2 rings (SSSR count). The van der Waals surface area contributed by atoms with E-state index in [9.17, 15) is 4.39 Å². The van der Waals surface area contributed by atoms with Gasteiger partial charge in [-0.3, -0.25) is 0 Å². The molecule has 82 valence electrons. The lowest BCUT2D eigenvalue weighted by Crippen LogP contribution is -2.54. The largest absolute Gasteiger partial charge is 0.380 e. The first-order valence-corrected chi connectivity index (χ1v) is 4.97. The smallest absolute Gasteiger partial charge is 0.123 e. The van der Waals surface area contributed by atoms with Crippen molar-refractivity contribution in [2.45, 2.75) is 6.04 Å². The third-order valence-electron chi connectivity index (χ3n) is 3.05. The van der Waals surface area contributed by atoms with Crippen LogP contribution in [0.2, 0.25) is 0 Å². The van der Waals surface area contributed by atoms with Crippen molar-refractivity contribution in [2.24, 2.45) is 16.9 Å². The van der Waals surface area contributed by atoms with E-state index in [1.165, 1.54) is 12.1 Å². The molecule has 0 aromatic heterocycles. The van der Waals surface area contributed by atoms with Crippen molar-refractivity contribution in [3.8, 4) is 0 Å². The highest BCUT2D eigenvalue weighted by Crippen LogP contribution is 2.37. The van der Waals surface area contributed by atoms with Gasteiger partial charge in [-0.05, 0) is 17.7 Å². The molecule has 1 fully saturated rings. The van der Waals surface area contributed by atoms with Crippen molar-refractivity contribution >= 4 is 0 Å². The van der Waals surface area contributed by atoms with Crippen LogP contribution in [0, 0.1) is 11.2 Å². The van der Waals surface area contributed by atoms with Crippen LogP contribution >= 0.6 is 0 Å². The van der Waals surface area contributed by atoms with Gasteiger partial charge in [0, 0.05) is 18.0 Å². The van der Waals surface area contributed by atoms with Gasteiger partial charge in [0.25, 0.3) is 0 Å². The van der Waals surface area contributed by atoms with Gasteiger partial charge in [-0.1, -0.05) is 12.1 Å². The third kappa shape index (κ3) is 1.76. The van der Waals surface area contributed by atoms with Crippen LogP contribution in [0.4, 0.5) is 4.39 Å². The molecule has 15 heavy (non-hydrogen) atoms. The normalized spacial score (nSPS) is 20.7. The lowest BCUT2D eigenvalue weighted by atomic mass is 9.76. The van der Waals surface area contributed by atoms with Crippen LogP contribution in [0.1, 0.15) is 11.6 Å². The van der Waals surface area contributed by atoms with E-state index in [0.29, 0.717) is 19.8 Å². The standard InChI is InChI=1S/C11H15FN2O/c12-9-3-1-2-8(4-9)10(14)11(5-13)6-15-7-11/h1-4,10H,5-7,13-14H2. The van der Waals surface area contributed by atoms with Crippen molar-refractivity contribution in [3.63, 3.8) is 0 Å². The topological polar surface area (TPSA) is 61.3 Å². The molecule has 0 aliphatic carbocycles. The van der Waals surface area contributed by atoms with Gasteiger partial charge < -0.3 is 16.2 Å². The molecular formula is C11H15FN2O. The van der Waals surface area contributed by atoms with Crippen molar-refractivity contribution in [3.05, 3.63) is 35.6 Å². The number of nitrogens with two attached hydrogens (primary N) is 2. The van der Waals surface area contributed by atoms with Gasteiger partial charge in [0.2, 0.25) is 0 Å². The monoisotopic (exact) mass is 210 g/mol. The molecule has 0 radical (unpaired) electrons. The van der Waals surface area contributed by atoms with Gasteiger partial charge in [0.15, 0.2) is 0 Å². The summed E-state index contributed by atoms with van der Waals surface area (Å²) in [6.45, 7) is 1.58. The van der Waals surface area contributed by atoms with E-state index in [-0.39, 0.29) is 17.3 Å². The van der Waals surface area contributed by atoms with E-state index in [1.807, 2.05) is 6.07 Å². The van der Waals surface area contributed by atoms with Crippen LogP contribution in [-0.2, 0) is 4.74 Å². The maximum absolute atomic E-state index is 13.0. The van der Waals surface area contributed by atoms with E-state index < -0.39 is 0 Å². The molecule has 0 bridgehead atoms. The van der Waals surface area contributed by atoms with Crippen LogP contribution < -0.4 is 11.5 Å². The zero-order chi connectivity index (χ0) is 10.9. The summed E-state index contributed by atoms with van der Waals surface area (Å²) in [7, 11) is 0. The van der Waals surface area contributed by atoms with Crippen LogP contribution in [0.25, 0.3) is 0 Å². The van der Waals surface area contributed by atoms with Gasteiger partial charge in [-0.15, -0.1) is 0 Å². The zero-order valence-electron chi connectivity index (χ0n) is 8.45. The summed E-state index contributed by atoms with van der Waals surface area (Å²) in [6, 6.07) is 6.09. The molecule has 0 saturated carbocycles. The lowest BCUT2D eigenvalue weighted by Gasteiger charge is -2.45. The molecule has 1 atom stereocenters. The molecule has 1 unspecified atom stereocenters. The second-order valence-corrected chi connectivity index (χ2v) is 4.09. The minimum absolute atomic E-state index is 0.214. The summed E-state index contributed by atoms with van der Waals surface area (Å²) in [5.74, 6) is -0.268. The predicted molar refractivity (Wildman–Crippen MR) is 55.6 cm³/mol. The van der Waals surface area contributed by atoms with Crippen molar-refractivity contribution in [1.29, 1.82) is 0 Å². The van der Waals surface area contributed by atoms with Crippen molar-refractivity contribution < 1.29 is 9.13 Å². The molecule has 1 heterocycles. The van der Waals surface area contributed by atoms with E-state index in [1.54, 1.807) is 6.07 Å². The predicted octanol–water partition coefficient (Wildman–Crippen LogP) is 0.801. The fourth-order valence-corrected chi connectivity index (χ4v) is 1.84. The Morgan fingerprint density at radius 2 is 2.20 bits per heavy atom. The molecule has 1 saturated heterocycles. The minimum atomic E-state index is -0.268. The zero-order valence-corrected chi connectivity index (χ0v) is 8.45. The number of halogens is 1. The average Bonchev–Trinajstić information content (AvgIpc) is 2.17. The molecule has 1 aliphatic rings. The van der Waals surface area contributed by atoms with Gasteiger partial charge >= 0.3 is 0 Å². The minimum Gasteiger partial charge on any atom is -0.380 e. The third-order valence-corrected chi connectivity index (χ3v) is 3.05. The van der Waals surface area contributed by atoms with E-state index in [4.69, 9.17) is 16.2 Å². The van der Waals surface area contributed by atoms with Crippen LogP contribution in [0.15, 0.2) is 24.3 Å². The molecule has 1 aromatic rings. The second kappa shape index (κ2) is 3.89. The maximum atomic E-state index is 13.0. The summed E-state index contributed by atoms with van der Waals surface area (Å²) >= 11 is 0. The molecule has 3 nitrogen and oxygen atoms in total. The highest BCUT2D eigenvalue weighted by molar-refractivity contribution is 5.23. The van der Waals surface area contributed by atoms with Crippen molar-refractivity contribution in [1.82, 2.24) is 0 Å². The van der Waals surface area contributed by atoms with E-state index in [2.05, 4.69) is 0 Å². The Balaban J connectivity index is 2.23. The Hall–Kier alpha value is -0.970. The highest BCUT2D eigenvalue weighted by Gasteiger charge is 2.43. The summed E-state index contributed by atoms with van der Waals surface area (Å²) in [5, 5.41) is 0. The molecule has 0 amide bonds. The summed E-state index contributed by atoms with van der Waals surface area (Å²) in [4.78, 5) is 0. The molecule has 1 aliphatic heterocycles. The lowest BCUT2D eigenvalue weighted by molar-refractivity contribution is -0.121. The maximum Gasteiger partial charge on any atom is 0.123 e. The van der Waals surface area contributed by atoms with Crippen LogP contribution in [-0.4, -0.2) is 19.8 Å². The Kier molecular flexibility index (Phi) is 2.73. The molecule has 1 aromatic carbocycles. The highest BCUT2D eigenvalue weighted by atomic mass is 19.1. The number of rotatable bonds is 3. The van der Waals surface area contributed by atoms with Crippen LogP contribution in [0.5, 0.6) is 0 Å². The average molecular weight is 210 g/mol. The molecule has 0 spiro atoms. The number of ether oxygens (including phenoxy) is 1. The number of hydrogen-bond donors (Lipinski definition) is 2. The van der Waals surface area contributed by atoms with Gasteiger partial charge in [-0.2, -0.15) is 0 Å². The Bertz CT molecular complexity index is 347. The Morgan fingerprint density at radius 3 is 2.67 bits per heavy atom. The number of hydrogen-bond acceptors (Lipinski definition) is 3. The Labute approximate surface area is 88.2 Å². The first-order chi connectivity index (χ1) is 7.18. The molecule has 4 N–H and O–H groups in total. The first kappa shape index (κ1) is 10.5. The fourth-order valence-electron chi connectivity index (χ4n) is 1.84. The SMILES string of the molecule is NCC1(C(N)c2cccc(F)c2)COC1. The van der Waals surface area contributed by atoms with Gasteiger partial charge in [0.05, 0.1) is 13.2 Å². The van der Waals surface area contributed by atoms with E-state index in [0.717, 1.165) is 5.56 Å². The Morgan fingerprint density at radius 1 is 1.47 bits per heavy atom. The summed E-state index contributed by atoms with van der Waals surface area (Å²) in [5.41, 5.74) is 12.3. The van der Waals surface area contributed by atoms with Crippen LogP contribution in [0.3, 0.4) is 0 Å². The fraction of sp³-hybridized carbons (Fsp3) is 0.455. The van der Waals surface area contributed by atoms with E-state index >= 15 is 0 Å². The quantitative estimate of drug-likeness (QED) is 0.775. The second-order valence-electron chi connectivity index (χ2n) is 4.09. The van der Waals surface area contributed by atoms with Gasteiger partial charge in [0.1, 0.15) is 5.82 Å². The number of benzene rings is 1. The summed E-state index contributed by atoms with van der Waals surface area (Å²) in [6.07, 6.45) is 0. The van der Waals surface area contributed by atoms with Gasteiger partial charge in [-0.25, -0.2) is 4.39 Å². The first-order valence-electron chi connectivity index (χ1n) is 4.97. The van der Waals surface area contributed by atoms with Crippen molar-refractivity contribution in [2.75, 3.05) is 19.8 Å².